The minimum Gasteiger partial charge on any atom is -0.458 e. The molecule has 0 spiro atoms. The molecule has 1 fully saturated rings. The highest BCUT2D eigenvalue weighted by Gasteiger charge is 2.32. The summed E-state index contributed by atoms with van der Waals surface area (Å²) in [5.74, 6) is 1.43. The number of benzene rings is 3. The number of nitrogens with one attached hydrogen (secondary N) is 1. The zero-order chi connectivity index (χ0) is 27.5. The highest BCUT2D eigenvalue weighted by molar-refractivity contribution is 5.79. The van der Waals surface area contributed by atoms with Crippen LogP contribution in [-0.4, -0.2) is 16.1 Å². The third kappa shape index (κ3) is 5.81. The topological polar surface area (TPSA) is 77.2 Å². The number of ether oxygens (including phenoxy) is 1. The first-order valence-electron chi connectivity index (χ1n) is 13.7. The van der Waals surface area contributed by atoms with Gasteiger partial charge in [-0.25, -0.2) is 4.98 Å². The maximum atomic E-state index is 12.0. The van der Waals surface area contributed by atoms with Crippen LogP contribution in [0.1, 0.15) is 48.4 Å². The van der Waals surface area contributed by atoms with E-state index in [1.807, 2.05) is 74.5 Å². The van der Waals surface area contributed by atoms with Gasteiger partial charge in [0.05, 0.1) is 5.92 Å². The molecule has 1 aliphatic rings. The standard InChI is InChI=1S/C34H31N3O3/c1-22-32(36-31-10-6-9-30(35-31)21-24-7-4-3-5-8-24)33(40-37-22)28-17-15-27(16-18-28)26-13-11-25(12-14-26)23(2)39-34(38)29-19-20-29/h3-18,23,29H,19-21H2,1-2H3,(H,35,36). The van der Waals surface area contributed by atoms with E-state index in [0.717, 1.165) is 64.4 Å². The highest BCUT2D eigenvalue weighted by atomic mass is 16.5. The lowest BCUT2D eigenvalue weighted by Gasteiger charge is -2.14. The number of pyridine rings is 1. The Morgan fingerprint density at radius 1 is 0.900 bits per heavy atom. The largest absolute Gasteiger partial charge is 0.458 e. The predicted molar refractivity (Wildman–Crippen MR) is 156 cm³/mol. The molecule has 6 nitrogen and oxygen atoms in total. The number of hydrogen-bond donors (Lipinski definition) is 1. The number of esters is 1. The van der Waals surface area contributed by atoms with Gasteiger partial charge < -0.3 is 14.6 Å². The van der Waals surface area contributed by atoms with E-state index >= 15 is 0 Å². The van der Waals surface area contributed by atoms with Gasteiger partial charge in [0, 0.05) is 17.7 Å². The van der Waals surface area contributed by atoms with Crippen LogP contribution < -0.4 is 5.32 Å². The van der Waals surface area contributed by atoms with Crippen LogP contribution in [0.3, 0.4) is 0 Å². The van der Waals surface area contributed by atoms with Gasteiger partial charge in [-0.1, -0.05) is 90.1 Å². The molecule has 0 bridgehead atoms. The Kier molecular flexibility index (Phi) is 7.15. The van der Waals surface area contributed by atoms with Crippen LogP contribution in [0.2, 0.25) is 0 Å². The van der Waals surface area contributed by atoms with E-state index < -0.39 is 0 Å². The third-order valence-corrected chi connectivity index (χ3v) is 7.21. The maximum Gasteiger partial charge on any atom is 0.309 e. The van der Waals surface area contributed by atoms with Gasteiger partial charge in [-0.05, 0) is 61.1 Å². The zero-order valence-corrected chi connectivity index (χ0v) is 22.6. The second-order valence-electron chi connectivity index (χ2n) is 10.3. The van der Waals surface area contributed by atoms with E-state index in [0.29, 0.717) is 5.76 Å². The maximum absolute atomic E-state index is 12.0. The van der Waals surface area contributed by atoms with Gasteiger partial charge >= 0.3 is 5.97 Å². The number of anilines is 2. The molecule has 0 aliphatic heterocycles. The Morgan fingerprint density at radius 2 is 1.57 bits per heavy atom. The monoisotopic (exact) mass is 529 g/mol. The molecule has 200 valence electrons. The molecule has 5 aromatic rings. The summed E-state index contributed by atoms with van der Waals surface area (Å²) in [6, 6.07) is 32.7. The van der Waals surface area contributed by atoms with Crippen LogP contribution >= 0.6 is 0 Å². The van der Waals surface area contributed by atoms with Gasteiger partial charge in [0.2, 0.25) is 0 Å². The average molecular weight is 530 g/mol. The molecular formula is C34H31N3O3. The van der Waals surface area contributed by atoms with Crippen molar-refractivity contribution in [2.75, 3.05) is 5.32 Å². The molecule has 1 N–H and O–H groups in total. The van der Waals surface area contributed by atoms with E-state index in [-0.39, 0.29) is 18.0 Å². The van der Waals surface area contributed by atoms with Gasteiger partial charge in [0.25, 0.3) is 0 Å². The Morgan fingerprint density at radius 3 is 2.27 bits per heavy atom. The van der Waals surface area contributed by atoms with Gasteiger partial charge in [0.15, 0.2) is 5.76 Å². The summed E-state index contributed by atoms with van der Waals surface area (Å²) in [6.45, 7) is 3.84. The van der Waals surface area contributed by atoms with Gasteiger partial charge in [-0.2, -0.15) is 0 Å². The first kappa shape index (κ1) is 25.6. The first-order chi connectivity index (χ1) is 19.5. The Balaban J connectivity index is 1.16. The lowest BCUT2D eigenvalue weighted by Crippen LogP contribution is -2.10. The Labute approximate surface area is 234 Å². The number of aromatic nitrogens is 2. The highest BCUT2D eigenvalue weighted by Crippen LogP contribution is 2.35. The van der Waals surface area contributed by atoms with E-state index in [4.69, 9.17) is 14.2 Å². The average Bonchev–Trinajstić information content (AvgIpc) is 3.78. The molecule has 1 saturated carbocycles. The SMILES string of the molecule is Cc1noc(-c2ccc(-c3ccc(C(C)OC(=O)C4CC4)cc3)cc2)c1Nc1cccc(Cc2ccccc2)n1. The number of nitrogens with zero attached hydrogens (tertiary/aromatic N) is 2. The molecule has 40 heavy (non-hydrogen) atoms. The van der Waals surface area contributed by atoms with Crippen LogP contribution in [0.15, 0.2) is 102 Å². The molecule has 6 heteroatoms. The summed E-state index contributed by atoms with van der Waals surface area (Å²) < 4.78 is 11.3. The molecule has 0 saturated heterocycles. The lowest BCUT2D eigenvalue weighted by molar-refractivity contribution is -0.150. The third-order valence-electron chi connectivity index (χ3n) is 7.21. The number of rotatable bonds is 9. The van der Waals surface area contributed by atoms with E-state index in [9.17, 15) is 4.79 Å². The van der Waals surface area contributed by atoms with Crippen molar-refractivity contribution in [1.29, 1.82) is 0 Å². The van der Waals surface area contributed by atoms with Crippen molar-refractivity contribution >= 4 is 17.5 Å². The van der Waals surface area contributed by atoms with Crippen molar-refractivity contribution in [3.8, 4) is 22.5 Å². The van der Waals surface area contributed by atoms with Gasteiger partial charge in [-0.15, -0.1) is 0 Å². The summed E-state index contributed by atoms with van der Waals surface area (Å²) in [5.41, 5.74) is 7.85. The van der Waals surface area contributed by atoms with Crippen LogP contribution in [0, 0.1) is 12.8 Å². The molecule has 1 unspecified atom stereocenters. The summed E-state index contributed by atoms with van der Waals surface area (Å²) in [6.07, 6.45) is 2.41. The van der Waals surface area contributed by atoms with Crippen LogP contribution in [0.5, 0.6) is 0 Å². The second kappa shape index (κ2) is 11.2. The van der Waals surface area contributed by atoms with E-state index in [2.05, 4.69) is 46.9 Å². The van der Waals surface area contributed by atoms with Crippen LogP contribution in [0.4, 0.5) is 11.5 Å². The van der Waals surface area contributed by atoms with Crippen molar-refractivity contribution in [2.45, 2.75) is 39.2 Å². The predicted octanol–water partition coefficient (Wildman–Crippen LogP) is 8.06. The smallest absolute Gasteiger partial charge is 0.309 e. The minimum atomic E-state index is -0.251. The zero-order valence-electron chi connectivity index (χ0n) is 22.6. The number of carbonyl (C=O) groups excluding carboxylic acids is 1. The molecule has 2 aromatic heterocycles. The normalized spacial score (nSPS) is 13.6. The summed E-state index contributed by atoms with van der Waals surface area (Å²) in [4.78, 5) is 16.8. The molecule has 6 rings (SSSR count). The van der Waals surface area contributed by atoms with Crippen molar-refractivity contribution < 1.29 is 14.1 Å². The molecule has 2 heterocycles. The molecular weight excluding hydrogens is 498 g/mol. The van der Waals surface area contributed by atoms with E-state index in [1.165, 1.54) is 5.56 Å². The minimum absolute atomic E-state index is 0.0839. The Bertz CT molecular complexity index is 1610. The number of carbonyl (C=O) groups is 1. The van der Waals surface area contributed by atoms with Crippen molar-refractivity contribution in [2.24, 2.45) is 5.92 Å². The number of aryl methyl sites for hydroxylation is 1. The Hall–Kier alpha value is -4.71. The van der Waals surface area contributed by atoms with Crippen molar-refractivity contribution in [1.82, 2.24) is 10.1 Å². The van der Waals surface area contributed by atoms with Crippen LogP contribution in [0.25, 0.3) is 22.5 Å². The fourth-order valence-corrected chi connectivity index (χ4v) is 4.71. The quantitative estimate of drug-likeness (QED) is 0.195. The summed E-state index contributed by atoms with van der Waals surface area (Å²) in [7, 11) is 0. The molecule has 1 aliphatic carbocycles. The fourth-order valence-electron chi connectivity index (χ4n) is 4.71. The van der Waals surface area contributed by atoms with Gasteiger partial charge in [-0.3, -0.25) is 4.79 Å². The second-order valence-corrected chi connectivity index (χ2v) is 10.3. The summed E-state index contributed by atoms with van der Waals surface area (Å²) in [5, 5.41) is 7.65. The fraction of sp³-hybridized carbons (Fsp3) is 0.206. The first-order valence-corrected chi connectivity index (χ1v) is 13.7. The van der Waals surface area contributed by atoms with Crippen molar-refractivity contribution in [3.63, 3.8) is 0 Å². The van der Waals surface area contributed by atoms with Crippen LogP contribution in [-0.2, 0) is 16.0 Å². The molecule has 1 atom stereocenters. The van der Waals surface area contributed by atoms with Gasteiger partial charge in [0.1, 0.15) is 23.3 Å². The molecule has 0 amide bonds. The molecule has 3 aromatic carbocycles. The number of hydrogen-bond acceptors (Lipinski definition) is 6. The van der Waals surface area contributed by atoms with Crippen molar-refractivity contribution in [3.05, 3.63) is 120 Å². The van der Waals surface area contributed by atoms with E-state index in [1.54, 1.807) is 0 Å². The summed E-state index contributed by atoms with van der Waals surface area (Å²) >= 11 is 0. The lowest BCUT2D eigenvalue weighted by atomic mass is 10.0. The molecule has 0 radical (unpaired) electrons.